The topological polar surface area (TPSA) is 21.6 Å². The summed E-state index contributed by atoms with van der Waals surface area (Å²) in [5, 5.41) is 3.89. The molecule has 0 aliphatic rings. The van der Waals surface area contributed by atoms with Crippen LogP contribution >= 0.6 is 0 Å². The van der Waals surface area contributed by atoms with E-state index in [1.54, 1.807) is 0 Å². The molecule has 0 N–H and O–H groups in total. The summed E-state index contributed by atoms with van der Waals surface area (Å²) in [6.07, 6.45) is 4.71. The maximum atomic E-state index is 5.29. The molecular formula is C17H16NO. The molecule has 0 aliphatic heterocycles. The van der Waals surface area contributed by atoms with Crippen LogP contribution in [0.3, 0.4) is 0 Å². The lowest BCUT2D eigenvalue weighted by atomic mass is 10.1. The zero-order valence-corrected chi connectivity index (χ0v) is 11.0. The number of hydrogen-bond acceptors (Lipinski definition) is 2. The molecule has 19 heavy (non-hydrogen) atoms. The summed E-state index contributed by atoms with van der Waals surface area (Å²) in [5.41, 5.74) is 4.20. The Kier molecular flexibility index (Phi) is 4.51. The second kappa shape index (κ2) is 6.55. The van der Waals surface area contributed by atoms with E-state index in [0.29, 0.717) is 6.61 Å². The Hall–Kier alpha value is -2.35. The molecule has 1 radical (unpaired) electrons. The van der Waals surface area contributed by atoms with Gasteiger partial charge in [0.25, 0.3) is 0 Å². The molecule has 0 amide bonds. The van der Waals surface area contributed by atoms with Gasteiger partial charge < -0.3 is 4.84 Å². The van der Waals surface area contributed by atoms with Crippen molar-refractivity contribution in [2.24, 2.45) is 5.16 Å². The Morgan fingerprint density at radius 3 is 2.68 bits per heavy atom. The average molecular weight is 250 g/mol. The van der Waals surface area contributed by atoms with E-state index in [1.807, 2.05) is 61.5 Å². The highest BCUT2D eigenvalue weighted by molar-refractivity contribution is 5.81. The summed E-state index contributed by atoms with van der Waals surface area (Å²) < 4.78 is 0. The van der Waals surface area contributed by atoms with Crippen molar-refractivity contribution in [2.75, 3.05) is 0 Å². The van der Waals surface area contributed by atoms with E-state index in [2.05, 4.69) is 17.9 Å². The highest BCUT2D eigenvalue weighted by atomic mass is 16.6. The van der Waals surface area contributed by atoms with Crippen LogP contribution < -0.4 is 0 Å². The molecule has 0 atom stereocenters. The van der Waals surface area contributed by atoms with Crippen molar-refractivity contribution in [1.29, 1.82) is 0 Å². The molecule has 0 saturated carbocycles. The first-order valence-corrected chi connectivity index (χ1v) is 6.15. The normalized spacial score (nSPS) is 10.6. The molecule has 0 fully saturated rings. The van der Waals surface area contributed by atoms with Gasteiger partial charge in [0, 0.05) is 5.56 Å². The maximum Gasteiger partial charge on any atom is 0.142 e. The minimum atomic E-state index is 0.418. The largest absolute Gasteiger partial charge is 0.390 e. The molecule has 2 aromatic rings. The molecule has 2 aromatic carbocycles. The Labute approximate surface area is 114 Å². The van der Waals surface area contributed by atoms with Crippen LogP contribution in [-0.4, -0.2) is 6.21 Å². The van der Waals surface area contributed by atoms with Crippen molar-refractivity contribution in [1.82, 2.24) is 0 Å². The summed E-state index contributed by atoms with van der Waals surface area (Å²) >= 11 is 0. The van der Waals surface area contributed by atoms with Gasteiger partial charge in [-0.15, -0.1) is 0 Å². The Morgan fingerprint density at radius 1 is 1.16 bits per heavy atom. The Balaban J connectivity index is 1.97. The van der Waals surface area contributed by atoms with Crippen LogP contribution in [-0.2, 0) is 11.4 Å². The predicted molar refractivity (Wildman–Crippen MR) is 79.0 cm³/mol. The third kappa shape index (κ3) is 3.55. The van der Waals surface area contributed by atoms with Gasteiger partial charge in [0.15, 0.2) is 0 Å². The standard InChI is InChI=1S/C17H16NO/c1-3-15-9-6-7-11-17(15)13-19-18-12-16-10-5-4-8-14(16)2/h3-11H,1,13H2,2H3. The minimum Gasteiger partial charge on any atom is -0.390 e. The van der Waals surface area contributed by atoms with Gasteiger partial charge in [-0.05, 0) is 23.6 Å². The van der Waals surface area contributed by atoms with Crippen molar-refractivity contribution < 1.29 is 4.84 Å². The molecule has 2 heteroatoms. The van der Waals surface area contributed by atoms with Crippen LogP contribution in [0.5, 0.6) is 0 Å². The lowest BCUT2D eigenvalue weighted by molar-refractivity contribution is 0.132. The van der Waals surface area contributed by atoms with Crippen LogP contribution in [0.2, 0.25) is 0 Å². The van der Waals surface area contributed by atoms with E-state index in [4.69, 9.17) is 4.84 Å². The maximum absolute atomic E-state index is 5.29. The van der Waals surface area contributed by atoms with Crippen LogP contribution in [0.15, 0.2) is 60.3 Å². The SMILES string of the molecule is C=Cc1ccccc1CO/N=[C]\c1ccccc1C. The van der Waals surface area contributed by atoms with E-state index in [0.717, 1.165) is 22.3 Å². The molecule has 0 bridgehead atoms. The molecule has 0 unspecified atom stereocenters. The van der Waals surface area contributed by atoms with Gasteiger partial charge >= 0.3 is 0 Å². The first-order chi connectivity index (χ1) is 9.31. The summed E-state index contributed by atoms with van der Waals surface area (Å²) in [7, 11) is 0. The lowest BCUT2D eigenvalue weighted by Crippen LogP contribution is -1.92. The minimum absolute atomic E-state index is 0.418. The summed E-state index contributed by atoms with van der Waals surface area (Å²) in [6.45, 7) is 6.21. The molecular weight excluding hydrogens is 234 g/mol. The zero-order valence-electron chi connectivity index (χ0n) is 11.0. The molecule has 0 heterocycles. The monoisotopic (exact) mass is 250 g/mol. The van der Waals surface area contributed by atoms with Crippen LogP contribution in [0.1, 0.15) is 22.3 Å². The smallest absolute Gasteiger partial charge is 0.142 e. The van der Waals surface area contributed by atoms with Gasteiger partial charge in [0.05, 0.1) is 0 Å². The van der Waals surface area contributed by atoms with Crippen molar-refractivity contribution in [3.8, 4) is 0 Å². The van der Waals surface area contributed by atoms with Crippen molar-refractivity contribution in [3.63, 3.8) is 0 Å². The summed E-state index contributed by atoms with van der Waals surface area (Å²) in [5.74, 6) is 0. The fraction of sp³-hybridized carbons (Fsp3) is 0.118. The second-order valence-electron chi connectivity index (χ2n) is 4.19. The lowest BCUT2D eigenvalue weighted by Gasteiger charge is -2.03. The quantitative estimate of drug-likeness (QED) is 0.579. The highest BCUT2D eigenvalue weighted by Gasteiger charge is 1.98. The van der Waals surface area contributed by atoms with Crippen molar-refractivity contribution in [3.05, 3.63) is 77.4 Å². The van der Waals surface area contributed by atoms with Crippen molar-refractivity contribution >= 4 is 12.3 Å². The third-order valence-corrected chi connectivity index (χ3v) is 2.87. The molecule has 0 spiro atoms. The van der Waals surface area contributed by atoms with Crippen LogP contribution in [0, 0.1) is 6.92 Å². The van der Waals surface area contributed by atoms with Gasteiger partial charge in [-0.25, -0.2) is 0 Å². The summed E-state index contributed by atoms with van der Waals surface area (Å²) in [6, 6.07) is 15.9. The number of nitrogens with zero attached hydrogens (tertiary/aromatic N) is 1. The van der Waals surface area contributed by atoms with E-state index in [-0.39, 0.29) is 0 Å². The molecule has 2 nitrogen and oxygen atoms in total. The third-order valence-electron chi connectivity index (χ3n) is 2.87. The first-order valence-electron chi connectivity index (χ1n) is 6.15. The Bertz CT molecular complexity index is 587. The van der Waals surface area contributed by atoms with Gasteiger partial charge in [-0.3, -0.25) is 0 Å². The summed E-state index contributed by atoms with van der Waals surface area (Å²) in [4.78, 5) is 5.29. The van der Waals surface area contributed by atoms with Crippen LogP contribution in [0.25, 0.3) is 6.08 Å². The molecule has 0 saturated heterocycles. The first kappa shape index (κ1) is 13.1. The number of aryl methyl sites for hydroxylation is 1. The van der Waals surface area contributed by atoms with Crippen LogP contribution in [0.4, 0.5) is 0 Å². The number of hydrogen-bond donors (Lipinski definition) is 0. The molecule has 0 aromatic heterocycles. The van der Waals surface area contributed by atoms with E-state index >= 15 is 0 Å². The second-order valence-corrected chi connectivity index (χ2v) is 4.19. The molecule has 0 aliphatic carbocycles. The molecule has 2 rings (SSSR count). The van der Waals surface area contributed by atoms with Gasteiger partial charge in [-0.1, -0.05) is 66.3 Å². The molecule has 95 valence electrons. The fourth-order valence-electron chi connectivity index (χ4n) is 1.75. The van der Waals surface area contributed by atoms with Crippen molar-refractivity contribution in [2.45, 2.75) is 13.5 Å². The van der Waals surface area contributed by atoms with Gasteiger partial charge in [0.1, 0.15) is 12.8 Å². The van der Waals surface area contributed by atoms with E-state index < -0.39 is 0 Å². The zero-order chi connectivity index (χ0) is 13.5. The van der Waals surface area contributed by atoms with Gasteiger partial charge in [-0.2, -0.15) is 0 Å². The number of rotatable bonds is 5. The average Bonchev–Trinajstić information content (AvgIpc) is 2.45. The van der Waals surface area contributed by atoms with E-state index in [1.165, 1.54) is 0 Å². The van der Waals surface area contributed by atoms with Gasteiger partial charge in [0.2, 0.25) is 0 Å². The fourth-order valence-corrected chi connectivity index (χ4v) is 1.75. The number of benzene rings is 2. The Morgan fingerprint density at radius 2 is 1.89 bits per heavy atom. The van der Waals surface area contributed by atoms with E-state index in [9.17, 15) is 0 Å². The predicted octanol–water partition coefficient (Wildman–Crippen LogP) is 4.07. The highest BCUT2D eigenvalue weighted by Crippen LogP contribution is 2.11.